The van der Waals surface area contributed by atoms with Crippen molar-refractivity contribution < 1.29 is 0 Å². The normalized spacial score (nSPS) is 29.0. The molecule has 2 aliphatic rings. The van der Waals surface area contributed by atoms with Crippen LogP contribution in [0.3, 0.4) is 0 Å². The lowest BCUT2D eigenvalue weighted by Crippen LogP contribution is -2.59. The molecule has 106 valence electrons. The van der Waals surface area contributed by atoms with Gasteiger partial charge in [0, 0.05) is 43.5 Å². The van der Waals surface area contributed by atoms with E-state index < -0.39 is 0 Å². The summed E-state index contributed by atoms with van der Waals surface area (Å²) in [4.78, 5) is 7.13. The van der Waals surface area contributed by atoms with E-state index in [1.807, 2.05) is 5.51 Å². The summed E-state index contributed by atoms with van der Waals surface area (Å²) < 4.78 is 0. The molecule has 1 aliphatic heterocycles. The van der Waals surface area contributed by atoms with Crippen LogP contribution in [-0.2, 0) is 6.42 Å². The number of rotatable bonds is 5. The molecule has 0 radical (unpaired) electrons. The summed E-state index contributed by atoms with van der Waals surface area (Å²) in [5.41, 5.74) is 3.20. The molecule has 0 bridgehead atoms. The van der Waals surface area contributed by atoms with Crippen molar-refractivity contribution in [2.75, 3.05) is 19.6 Å². The van der Waals surface area contributed by atoms with Crippen molar-refractivity contribution >= 4 is 11.3 Å². The van der Waals surface area contributed by atoms with Crippen molar-refractivity contribution in [2.24, 2.45) is 11.8 Å². The zero-order chi connectivity index (χ0) is 13.2. The van der Waals surface area contributed by atoms with E-state index in [1.165, 1.54) is 25.1 Å². The second-order valence-electron chi connectivity index (χ2n) is 6.39. The fraction of sp³-hybridized carbons (Fsp3) is 0.800. The van der Waals surface area contributed by atoms with Crippen LogP contribution in [0.2, 0.25) is 0 Å². The highest BCUT2D eigenvalue weighted by Gasteiger charge is 2.37. The molecule has 1 aliphatic carbocycles. The summed E-state index contributed by atoms with van der Waals surface area (Å²) in [7, 11) is 0. The van der Waals surface area contributed by atoms with E-state index in [-0.39, 0.29) is 0 Å². The third-order valence-corrected chi connectivity index (χ3v) is 5.22. The van der Waals surface area contributed by atoms with Crippen molar-refractivity contribution in [3.05, 3.63) is 16.6 Å². The Labute approximate surface area is 120 Å². The number of aromatic nitrogens is 1. The molecular formula is C15H25N3S. The minimum absolute atomic E-state index is 0.689. The van der Waals surface area contributed by atoms with E-state index in [4.69, 9.17) is 0 Å². The molecule has 0 aromatic carbocycles. The molecule has 1 aromatic heterocycles. The molecule has 0 spiro atoms. The van der Waals surface area contributed by atoms with Gasteiger partial charge in [-0.1, -0.05) is 13.8 Å². The van der Waals surface area contributed by atoms with Gasteiger partial charge in [0.1, 0.15) is 0 Å². The number of thiazole rings is 1. The Kier molecular flexibility index (Phi) is 4.20. The van der Waals surface area contributed by atoms with Gasteiger partial charge in [-0.15, -0.1) is 11.3 Å². The van der Waals surface area contributed by atoms with Crippen molar-refractivity contribution in [1.29, 1.82) is 0 Å². The number of piperazine rings is 1. The molecule has 1 aromatic rings. The predicted molar refractivity (Wildman–Crippen MR) is 80.5 cm³/mol. The van der Waals surface area contributed by atoms with Crippen LogP contribution in [-0.4, -0.2) is 41.6 Å². The lowest BCUT2D eigenvalue weighted by molar-refractivity contribution is 0.0933. The number of hydrogen-bond donors (Lipinski definition) is 1. The highest BCUT2D eigenvalue weighted by Crippen LogP contribution is 2.34. The Morgan fingerprint density at radius 3 is 2.95 bits per heavy atom. The molecule has 1 saturated carbocycles. The van der Waals surface area contributed by atoms with Crippen LogP contribution in [0.4, 0.5) is 0 Å². The maximum Gasteiger partial charge on any atom is 0.0794 e. The molecule has 2 heterocycles. The Morgan fingerprint density at radius 2 is 2.32 bits per heavy atom. The molecule has 2 unspecified atom stereocenters. The van der Waals surface area contributed by atoms with Crippen LogP contribution in [0.15, 0.2) is 10.9 Å². The molecule has 1 N–H and O–H groups in total. The Balaban J connectivity index is 1.59. The van der Waals surface area contributed by atoms with Gasteiger partial charge in [-0.2, -0.15) is 0 Å². The van der Waals surface area contributed by atoms with Crippen molar-refractivity contribution in [1.82, 2.24) is 15.2 Å². The number of nitrogens with one attached hydrogen (secondary N) is 1. The Hall–Kier alpha value is -0.450. The Bertz CT molecular complexity index is 386. The van der Waals surface area contributed by atoms with E-state index in [0.29, 0.717) is 6.04 Å². The quantitative estimate of drug-likeness (QED) is 0.897. The minimum Gasteiger partial charge on any atom is -0.311 e. The highest BCUT2D eigenvalue weighted by molar-refractivity contribution is 7.07. The summed E-state index contributed by atoms with van der Waals surface area (Å²) in [5, 5.41) is 5.97. The number of nitrogens with zero attached hydrogens (tertiary/aromatic N) is 2. The first-order valence-electron chi connectivity index (χ1n) is 7.58. The lowest BCUT2D eigenvalue weighted by Gasteiger charge is -2.42. The summed E-state index contributed by atoms with van der Waals surface area (Å²) in [5.74, 6) is 1.68. The highest BCUT2D eigenvalue weighted by atomic mass is 32.1. The van der Waals surface area contributed by atoms with Crippen LogP contribution in [0.1, 0.15) is 32.4 Å². The van der Waals surface area contributed by atoms with Gasteiger partial charge in [0.15, 0.2) is 0 Å². The van der Waals surface area contributed by atoms with Gasteiger partial charge in [0.2, 0.25) is 0 Å². The molecule has 4 heteroatoms. The van der Waals surface area contributed by atoms with Gasteiger partial charge >= 0.3 is 0 Å². The average Bonchev–Trinajstić information content (AvgIpc) is 3.13. The lowest BCUT2D eigenvalue weighted by atomic mass is 9.96. The van der Waals surface area contributed by atoms with Gasteiger partial charge < -0.3 is 5.32 Å². The van der Waals surface area contributed by atoms with Crippen molar-refractivity contribution in [2.45, 2.75) is 45.2 Å². The van der Waals surface area contributed by atoms with Gasteiger partial charge in [-0.05, 0) is 24.7 Å². The topological polar surface area (TPSA) is 28.2 Å². The monoisotopic (exact) mass is 279 g/mol. The smallest absolute Gasteiger partial charge is 0.0794 e. The van der Waals surface area contributed by atoms with E-state index in [2.05, 4.69) is 34.4 Å². The summed E-state index contributed by atoms with van der Waals surface area (Å²) >= 11 is 1.71. The maximum atomic E-state index is 4.41. The van der Waals surface area contributed by atoms with E-state index in [0.717, 1.165) is 37.4 Å². The van der Waals surface area contributed by atoms with Crippen LogP contribution < -0.4 is 5.32 Å². The van der Waals surface area contributed by atoms with Crippen molar-refractivity contribution in [3.8, 4) is 0 Å². The molecule has 0 amide bonds. The first-order chi connectivity index (χ1) is 9.24. The van der Waals surface area contributed by atoms with Gasteiger partial charge in [0.05, 0.1) is 11.2 Å². The second-order valence-corrected chi connectivity index (χ2v) is 7.11. The summed E-state index contributed by atoms with van der Waals surface area (Å²) in [6, 6.07) is 1.43. The summed E-state index contributed by atoms with van der Waals surface area (Å²) in [6.07, 6.45) is 3.97. The fourth-order valence-electron chi connectivity index (χ4n) is 3.20. The Morgan fingerprint density at radius 1 is 1.47 bits per heavy atom. The first kappa shape index (κ1) is 13.5. The molecule has 1 saturated heterocycles. The largest absolute Gasteiger partial charge is 0.311 e. The fourth-order valence-corrected chi connectivity index (χ4v) is 3.79. The van der Waals surface area contributed by atoms with Gasteiger partial charge in [0.25, 0.3) is 0 Å². The average molecular weight is 279 g/mol. The third kappa shape index (κ3) is 3.36. The molecule has 3 nitrogen and oxygen atoms in total. The molecule has 2 atom stereocenters. The SMILES string of the molecule is CC(C)C1CNC(C2CC2)CN1CCc1cscn1. The zero-order valence-corrected chi connectivity index (χ0v) is 12.8. The predicted octanol–water partition coefficient (Wildman–Crippen LogP) is 2.39. The zero-order valence-electron chi connectivity index (χ0n) is 12.0. The molecule has 3 rings (SSSR count). The van der Waals surface area contributed by atoms with Gasteiger partial charge in [-0.25, -0.2) is 4.98 Å². The second kappa shape index (κ2) is 5.90. The van der Waals surface area contributed by atoms with Crippen LogP contribution in [0, 0.1) is 11.8 Å². The maximum absolute atomic E-state index is 4.41. The van der Waals surface area contributed by atoms with Crippen LogP contribution >= 0.6 is 11.3 Å². The standard InChI is InChI=1S/C15H25N3S/c1-11(2)15-7-16-14(12-3-4-12)8-18(15)6-5-13-9-19-10-17-13/h9-12,14-16H,3-8H2,1-2H3. The van der Waals surface area contributed by atoms with E-state index in [9.17, 15) is 0 Å². The molecule has 2 fully saturated rings. The van der Waals surface area contributed by atoms with Crippen LogP contribution in [0.25, 0.3) is 0 Å². The van der Waals surface area contributed by atoms with Gasteiger partial charge in [-0.3, -0.25) is 4.90 Å². The number of hydrogen-bond acceptors (Lipinski definition) is 4. The first-order valence-corrected chi connectivity index (χ1v) is 8.53. The van der Waals surface area contributed by atoms with E-state index >= 15 is 0 Å². The third-order valence-electron chi connectivity index (χ3n) is 4.59. The van der Waals surface area contributed by atoms with E-state index in [1.54, 1.807) is 11.3 Å². The molecular weight excluding hydrogens is 254 g/mol. The summed E-state index contributed by atoms with van der Waals surface area (Å²) in [6.45, 7) is 8.25. The molecule has 19 heavy (non-hydrogen) atoms. The van der Waals surface area contributed by atoms with Crippen molar-refractivity contribution in [3.63, 3.8) is 0 Å². The minimum atomic E-state index is 0.689. The van der Waals surface area contributed by atoms with Crippen LogP contribution in [0.5, 0.6) is 0 Å².